The second-order valence-corrected chi connectivity index (χ2v) is 9.59. The van der Waals surface area contributed by atoms with Crippen molar-refractivity contribution in [3.63, 3.8) is 0 Å². The van der Waals surface area contributed by atoms with E-state index in [9.17, 15) is 15.3 Å². The lowest BCUT2D eigenvalue weighted by molar-refractivity contribution is 0.300. The van der Waals surface area contributed by atoms with Crippen LogP contribution in [0.3, 0.4) is 0 Å². The molecule has 0 saturated heterocycles. The molecule has 7 N–H and O–H groups in total. The maximum atomic E-state index is 10.6. The van der Waals surface area contributed by atoms with Gasteiger partial charge < -0.3 is 51.1 Å². The van der Waals surface area contributed by atoms with Gasteiger partial charge in [0.1, 0.15) is 0 Å². The van der Waals surface area contributed by atoms with E-state index in [1.54, 1.807) is 49.1 Å². The molecule has 228 valence electrons. The number of ether oxygens (including phenoxy) is 1. The summed E-state index contributed by atoms with van der Waals surface area (Å²) in [5.41, 5.74) is 1.62. The SMILES string of the molecule is CNc1nc(NCCc2ccc(OCN(C)c3nc(NC)nc(NCc4ccc(O)c(O)c4)n3)c(O)c2)nc(N(C)C)n1. The third-order valence-electron chi connectivity index (χ3n) is 6.06. The lowest BCUT2D eigenvalue weighted by Gasteiger charge is -2.19. The molecule has 4 aromatic rings. The zero-order valence-electron chi connectivity index (χ0n) is 24.6. The highest BCUT2D eigenvalue weighted by atomic mass is 16.5. The molecule has 0 unspecified atom stereocenters. The monoisotopic (exact) mass is 592 g/mol. The van der Waals surface area contributed by atoms with Crippen LogP contribution in [-0.4, -0.2) is 93.7 Å². The second-order valence-electron chi connectivity index (χ2n) is 9.59. The van der Waals surface area contributed by atoms with Crippen LogP contribution in [0.5, 0.6) is 23.0 Å². The topological polar surface area (TPSA) is 202 Å². The largest absolute Gasteiger partial charge is 0.504 e. The van der Waals surface area contributed by atoms with Crippen molar-refractivity contribution in [2.24, 2.45) is 0 Å². The number of hydrogen-bond donors (Lipinski definition) is 7. The average molecular weight is 593 g/mol. The maximum Gasteiger partial charge on any atom is 0.234 e. The number of hydrogen-bond acceptors (Lipinski definition) is 16. The van der Waals surface area contributed by atoms with Gasteiger partial charge >= 0.3 is 0 Å². The molecule has 2 heterocycles. The van der Waals surface area contributed by atoms with Gasteiger partial charge in [-0.2, -0.15) is 29.9 Å². The molecule has 0 spiro atoms. The van der Waals surface area contributed by atoms with Crippen molar-refractivity contribution >= 4 is 35.7 Å². The zero-order chi connectivity index (χ0) is 30.9. The molecule has 0 aliphatic heterocycles. The van der Waals surface area contributed by atoms with Crippen molar-refractivity contribution in [3.8, 4) is 23.0 Å². The zero-order valence-corrected chi connectivity index (χ0v) is 24.6. The summed E-state index contributed by atoms with van der Waals surface area (Å²) in [5, 5.41) is 41.9. The first-order valence-electron chi connectivity index (χ1n) is 13.3. The minimum Gasteiger partial charge on any atom is -0.504 e. The third-order valence-corrected chi connectivity index (χ3v) is 6.06. The molecule has 2 aromatic heterocycles. The van der Waals surface area contributed by atoms with Crippen LogP contribution in [0.4, 0.5) is 35.7 Å². The number of rotatable bonds is 14. The molecule has 0 radical (unpaired) electrons. The summed E-state index contributed by atoms with van der Waals surface area (Å²) in [6.45, 7) is 0.897. The van der Waals surface area contributed by atoms with Crippen LogP contribution < -0.4 is 35.8 Å². The summed E-state index contributed by atoms with van der Waals surface area (Å²) >= 11 is 0. The van der Waals surface area contributed by atoms with Gasteiger partial charge in [-0.1, -0.05) is 12.1 Å². The van der Waals surface area contributed by atoms with Crippen LogP contribution >= 0.6 is 0 Å². The van der Waals surface area contributed by atoms with Crippen LogP contribution in [0.1, 0.15) is 11.1 Å². The lowest BCUT2D eigenvalue weighted by Crippen LogP contribution is -2.26. The summed E-state index contributed by atoms with van der Waals surface area (Å²) in [6, 6.07) is 9.77. The van der Waals surface area contributed by atoms with E-state index in [-0.39, 0.29) is 24.0 Å². The maximum absolute atomic E-state index is 10.6. The number of phenolic OH excluding ortho intramolecular Hbond substituents is 3. The van der Waals surface area contributed by atoms with Crippen LogP contribution in [0, 0.1) is 0 Å². The Balaban J connectivity index is 1.33. The smallest absolute Gasteiger partial charge is 0.234 e. The molecule has 16 nitrogen and oxygen atoms in total. The highest BCUT2D eigenvalue weighted by Gasteiger charge is 2.13. The number of phenols is 3. The lowest BCUT2D eigenvalue weighted by atomic mass is 10.1. The second kappa shape index (κ2) is 13.9. The molecule has 0 aliphatic carbocycles. The Morgan fingerprint density at radius 1 is 0.674 bits per heavy atom. The number of benzene rings is 2. The van der Waals surface area contributed by atoms with Gasteiger partial charge in [0.2, 0.25) is 35.7 Å². The molecule has 2 aromatic carbocycles. The van der Waals surface area contributed by atoms with Crippen molar-refractivity contribution < 1.29 is 20.1 Å². The fraction of sp³-hybridized carbons (Fsp3) is 0.333. The summed E-state index contributed by atoms with van der Waals surface area (Å²) < 4.78 is 5.84. The summed E-state index contributed by atoms with van der Waals surface area (Å²) in [7, 11) is 8.90. The van der Waals surface area contributed by atoms with Gasteiger partial charge in [0.05, 0.1) is 0 Å². The molecule has 0 amide bonds. The van der Waals surface area contributed by atoms with E-state index in [0.717, 1.165) is 11.1 Å². The minimum absolute atomic E-state index is 0.00416. The van der Waals surface area contributed by atoms with E-state index < -0.39 is 0 Å². The Morgan fingerprint density at radius 2 is 1.28 bits per heavy atom. The van der Waals surface area contributed by atoms with Crippen molar-refractivity contribution in [3.05, 3.63) is 47.5 Å². The molecule has 0 bridgehead atoms. The van der Waals surface area contributed by atoms with Crippen molar-refractivity contribution in [1.29, 1.82) is 0 Å². The molecule has 0 saturated carbocycles. The number of nitrogens with one attached hydrogen (secondary N) is 4. The normalized spacial score (nSPS) is 10.6. The van der Waals surface area contributed by atoms with E-state index in [4.69, 9.17) is 4.74 Å². The van der Waals surface area contributed by atoms with E-state index in [0.29, 0.717) is 60.9 Å². The van der Waals surface area contributed by atoms with Crippen LogP contribution in [0.15, 0.2) is 36.4 Å². The van der Waals surface area contributed by atoms with Gasteiger partial charge in [-0.25, -0.2) is 0 Å². The summed E-state index contributed by atoms with van der Waals surface area (Å²) in [4.78, 5) is 29.6. The van der Waals surface area contributed by atoms with E-state index >= 15 is 0 Å². The Kier molecular flexibility index (Phi) is 9.82. The summed E-state index contributed by atoms with van der Waals surface area (Å²) in [6.07, 6.45) is 0.614. The first kappa shape index (κ1) is 30.4. The van der Waals surface area contributed by atoms with E-state index in [1.165, 1.54) is 12.1 Å². The van der Waals surface area contributed by atoms with E-state index in [1.807, 2.05) is 20.2 Å². The Bertz CT molecular complexity index is 1540. The molecular formula is C27H36N12O4. The molecule has 0 fully saturated rings. The Labute approximate surface area is 248 Å². The highest BCUT2D eigenvalue weighted by molar-refractivity contribution is 5.47. The van der Waals surface area contributed by atoms with Crippen molar-refractivity contribution in [2.75, 3.05) is 79.6 Å². The van der Waals surface area contributed by atoms with Gasteiger partial charge in [0.15, 0.2) is 29.7 Å². The van der Waals surface area contributed by atoms with Gasteiger partial charge in [-0.15, -0.1) is 0 Å². The predicted octanol–water partition coefficient (Wildman–Crippen LogP) is 2.06. The molecule has 0 atom stereocenters. The number of anilines is 6. The first-order valence-corrected chi connectivity index (χ1v) is 13.3. The van der Waals surface area contributed by atoms with Crippen molar-refractivity contribution in [1.82, 2.24) is 29.9 Å². The quantitative estimate of drug-likeness (QED) is 0.0827. The predicted molar refractivity (Wildman–Crippen MR) is 164 cm³/mol. The standard InChI is InChI=1S/C27H36N12O4/c1-28-22-32-24(36-26(34-22)38(3)4)30-11-10-16-7-9-21(20(42)12-16)43-15-39(5)27-35-23(29-2)33-25(37-27)31-14-17-6-8-18(40)19(41)13-17/h6-9,12-13,40-42H,10-11,14-15H2,1-5H3,(H2,28,30,32,34,36)(H2,29,31,33,35,37). The van der Waals surface area contributed by atoms with Gasteiger partial charge in [0.25, 0.3) is 0 Å². The molecular weight excluding hydrogens is 556 g/mol. The Morgan fingerprint density at radius 3 is 1.93 bits per heavy atom. The fourth-order valence-electron chi connectivity index (χ4n) is 3.73. The van der Waals surface area contributed by atoms with Crippen LogP contribution in [-0.2, 0) is 13.0 Å². The number of aromatic hydroxyl groups is 3. The first-order chi connectivity index (χ1) is 20.6. The molecule has 16 heteroatoms. The molecule has 43 heavy (non-hydrogen) atoms. The number of aromatic nitrogens is 6. The summed E-state index contributed by atoms with van der Waals surface area (Å²) in [5.74, 6) is 2.33. The molecule has 0 aliphatic rings. The van der Waals surface area contributed by atoms with Gasteiger partial charge in [-0.05, 0) is 41.8 Å². The highest BCUT2D eigenvalue weighted by Crippen LogP contribution is 2.28. The van der Waals surface area contributed by atoms with Crippen molar-refractivity contribution in [2.45, 2.75) is 13.0 Å². The van der Waals surface area contributed by atoms with Crippen LogP contribution in [0.25, 0.3) is 0 Å². The average Bonchev–Trinajstić information content (AvgIpc) is 3.00. The molecule has 4 rings (SSSR count). The van der Waals surface area contributed by atoms with E-state index in [2.05, 4.69) is 51.2 Å². The fourth-order valence-corrected chi connectivity index (χ4v) is 3.73. The van der Waals surface area contributed by atoms with Crippen LogP contribution in [0.2, 0.25) is 0 Å². The minimum atomic E-state index is -0.210. The third kappa shape index (κ3) is 8.25. The van der Waals surface area contributed by atoms with Gasteiger partial charge in [0, 0.05) is 48.3 Å². The Hall–Kier alpha value is -5.54. The number of nitrogens with zero attached hydrogens (tertiary/aromatic N) is 8. The van der Waals surface area contributed by atoms with Gasteiger partial charge in [-0.3, -0.25) is 0 Å².